The van der Waals surface area contributed by atoms with Gasteiger partial charge in [-0.1, -0.05) is 18.2 Å². The maximum Gasteiger partial charge on any atom is 0.251 e. The molecule has 2 aromatic heterocycles. The molecule has 1 amide bonds. The van der Waals surface area contributed by atoms with E-state index in [9.17, 15) is 4.79 Å². The minimum absolute atomic E-state index is 0.00285. The summed E-state index contributed by atoms with van der Waals surface area (Å²) in [6, 6.07) is 18.6. The maximum absolute atomic E-state index is 12.8. The van der Waals surface area contributed by atoms with Crippen LogP contribution in [0.2, 0.25) is 0 Å². The fourth-order valence-electron chi connectivity index (χ4n) is 4.78. The molecule has 2 aromatic carbocycles. The smallest absolute Gasteiger partial charge is 0.251 e. The molecule has 4 heterocycles. The largest absolute Gasteiger partial charge is 0.359 e. The lowest BCUT2D eigenvalue weighted by Crippen LogP contribution is -2.36. The number of aromatic nitrogens is 2. The van der Waals surface area contributed by atoms with Crippen molar-refractivity contribution in [3.05, 3.63) is 78.8 Å². The van der Waals surface area contributed by atoms with Crippen LogP contribution in [0.3, 0.4) is 0 Å². The van der Waals surface area contributed by atoms with E-state index in [1.807, 2.05) is 48.9 Å². The molecule has 1 atom stereocenters. The number of amides is 1. The first-order valence-electron chi connectivity index (χ1n) is 11.0. The van der Waals surface area contributed by atoms with Crippen molar-refractivity contribution in [1.29, 1.82) is 0 Å². The van der Waals surface area contributed by atoms with E-state index >= 15 is 0 Å². The normalized spacial score (nSPS) is 17.9. The minimum Gasteiger partial charge on any atom is -0.359 e. The summed E-state index contributed by atoms with van der Waals surface area (Å²) in [5.41, 5.74) is 4.97. The predicted molar refractivity (Wildman–Crippen MR) is 127 cm³/mol. The van der Waals surface area contributed by atoms with E-state index < -0.39 is 0 Å². The number of hydrogen-bond donors (Lipinski definition) is 2. The van der Waals surface area contributed by atoms with Gasteiger partial charge in [0.15, 0.2) is 5.82 Å². The molecule has 2 N–H and O–H groups in total. The first-order valence-corrected chi connectivity index (χ1v) is 11.0. The Morgan fingerprint density at radius 3 is 2.75 bits per heavy atom. The van der Waals surface area contributed by atoms with Gasteiger partial charge < -0.3 is 10.6 Å². The van der Waals surface area contributed by atoms with Gasteiger partial charge in [0.25, 0.3) is 5.91 Å². The van der Waals surface area contributed by atoms with E-state index in [0.29, 0.717) is 6.04 Å². The van der Waals surface area contributed by atoms with E-state index in [0.717, 1.165) is 46.7 Å². The van der Waals surface area contributed by atoms with Crippen LogP contribution in [0.4, 0.5) is 17.2 Å². The highest BCUT2D eigenvalue weighted by atomic mass is 16.2. The van der Waals surface area contributed by atoms with Crippen molar-refractivity contribution in [2.45, 2.75) is 18.9 Å². The molecule has 2 aliphatic heterocycles. The lowest BCUT2D eigenvalue weighted by atomic mass is 9.94. The molecule has 6 rings (SSSR count). The number of anilines is 3. The molecule has 1 unspecified atom stereocenters. The van der Waals surface area contributed by atoms with Gasteiger partial charge in [-0.2, -0.15) is 0 Å². The monoisotopic (exact) mass is 421 g/mol. The van der Waals surface area contributed by atoms with Crippen LogP contribution < -0.4 is 15.5 Å². The molecule has 158 valence electrons. The number of nitrogens with zero attached hydrogens (tertiary/aromatic N) is 3. The van der Waals surface area contributed by atoms with Gasteiger partial charge in [-0.05, 0) is 72.3 Å². The van der Waals surface area contributed by atoms with E-state index in [1.54, 1.807) is 4.90 Å². The highest BCUT2D eigenvalue weighted by molar-refractivity contribution is 6.08. The number of pyridine rings is 2. The van der Waals surface area contributed by atoms with Gasteiger partial charge in [0.2, 0.25) is 0 Å². The number of hydrogen-bond acceptors (Lipinski definition) is 5. The summed E-state index contributed by atoms with van der Waals surface area (Å²) >= 11 is 0. The number of rotatable bonds is 3. The lowest BCUT2D eigenvalue weighted by Gasteiger charge is -2.30. The van der Waals surface area contributed by atoms with Crippen molar-refractivity contribution in [2.24, 2.45) is 0 Å². The van der Waals surface area contributed by atoms with Crippen LogP contribution in [0.1, 0.15) is 24.4 Å². The highest BCUT2D eigenvalue weighted by Gasteiger charge is 2.27. The Hall–Kier alpha value is -3.77. The first-order chi connectivity index (χ1) is 15.8. The zero-order chi connectivity index (χ0) is 21.5. The Morgan fingerprint density at radius 1 is 1.00 bits per heavy atom. The Morgan fingerprint density at radius 2 is 1.91 bits per heavy atom. The van der Waals surface area contributed by atoms with Crippen molar-refractivity contribution in [2.75, 3.05) is 23.3 Å². The molecule has 6 nitrogen and oxygen atoms in total. The third kappa shape index (κ3) is 3.20. The first kappa shape index (κ1) is 19.0. The molecule has 1 saturated heterocycles. The number of carbonyl (C=O) groups is 1. The van der Waals surface area contributed by atoms with Crippen molar-refractivity contribution >= 4 is 33.9 Å². The van der Waals surface area contributed by atoms with E-state index in [4.69, 9.17) is 0 Å². The second-order valence-electron chi connectivity index (χ2n) is 8.32. The van der Waals surface area contributed by atoms with Crippen LogP contribution in [0, 0.1) is 0 Å². The van der Waals surface area contributed by atoms with Gasteiger partial charge in [0.05, 0.1) is 12.2 Å². The Balaban J connectivity index is 1.50. The molecule has 0 saturated carbocycles. The van der Waals surface area contributed by atoms with E-state index in [2.05, 4.69) is 44.9 Å². The molecular weight excluding hydrogens is 398 g/mol. The van der Waals surface area contributed by atoms with Crippen molar-refractivity contribution in [1.82, 2.24) is 15.3 Å². The minimum atomic E-state index is 0.00285. The summed E-state index contributed by atoms with van der Waals surface area (Å²) in [7, 11) is 0. The SMILES string of the molecule is O=C1CNc2ncc(-c3cc(C4CCCN4)c4cnccc4c3)cc2N1c1ccccc1. The third-order valence-corrected chi connectivity index (χ3v) is 6.34. The van der Waals surface area contributed by atoms with E-state index in [-0.39, 0.29) is 12.5 Å². The molecular formula is C26H23N5O. The molecule has 32 heavy (non-hydrogen) atoms. The quantitative estimate of drug-likeness (QED) is 0.497. The Kier molecular flexibility index (Phi) is 4.58. The van der Waals surface area contributed by atoms with Gasteiger partial charge in [0.1, 0.15) is 0 Å². The number of fused-ring (bicyclic) bond motifs is 2. The Bertz CT molecular complexity index is 1310. The summed E-state index contributed by atoms with van der Waals surface area (Å²) < 4.78 is 0. The Labute approximate surface area is 186 Å². The predicted octanol–water partition coefficient (Wildman–Crippen LogP) is 4.81. The highest BCUT2D eigenvalue weighted by Crippen LogP contribution is 2.39. The van der Waals surface area contributed by atoms with Gasteiger partial charge in [-0.3, -0.25) is 14.7 Å². The second-order valence-corrected chi connectivity index (χ2v) is 8.32. The van der Waals surface area contributed by atoms with Crippen LogP contribution in [0.15, 0.2) is 73.2 Å². The van der Waals surface area contributed by atoms with Crippen molar-refractivity contribution in [3.63, 3.8) is 0 Å². The van der Waals surface area contributed by atoms with Gasteiger partial charge in [0, 0.05) is 41.3 Å². The summed E-state index contributed by atoms with van der Waals surface area (Å²) in [5, 5.41) is 9.12. The fraction of sp³-hybridized carbons (Fsp3) is 0.192. The summed E-state index contributed by atoms with van der Waals surface area (Å²) in [6.45, 7) is 1.27. The molecule has 6 heteroatoms. The van der Waals surface area contributed by atoms with E-state index in [1.165, 1.54) is 17.4 Å². The molecule has 1 fully saturated rings. The molecule has 4 aromatic rings. The fourth-order valence-corrected chi connectivity index (χ4v) is 4.78. The summed E-state index contributed by atoms with van der Waals surface area (Å²) in [4.78, 5) is 23.6. The van der Waals surface area contributed by atoms with Crippen LogP contribution in [-0.2, 0) is 4.79 Å². The topological polar surface area (TPSA) is 70.1 Å². The summed E-state index contributed by atoms with van der Waals surface area (Å²) in [6.07, 6.45) is 7.98. The van der Waals surface area contributed by atoms with Gasteiger partial charge in [-0.25, -0.2) is 4.98 Å². The van der Waals surface area contributed by atoms with Gasteiger partial charge >= 0.3 is 0 Å². The van der Waals surface area contributed by atoms with Crippen LogP contribution in [-0.4, -0.2) is 29.0 Å². The third-order valence-electron chi connectivity index (χ3n) is 6.34. The van der Waals surface area contributed by atoms with Gasteiger partial charge in [-0.15, -0.1) is 0 Å². The second kappa shape index (κ2) is 7.73. The molecule has 0 spiro atoms. The molecule has 2 aliphatic rings. The number of carbonyl (C=O) groups excluding carboxylic acids is 1. The van der Waals surface area contributed by atoms with Crippen molar-refractivity contribution in [3.8, 4) is 11.1 Å². The molecule has 0 radical (unpaired) electrons. The zero-order valence-electron chi connectivity index (χ0n) is 17.6. The number of nitrogens with one attached hydrogen (secondary N) is 2. The van der Waals surface area contributed by atoms with Crippen LogP contribution >= 0.6 is 0 Å². The number of para-hydroxylation sites is 1. The number of benzene rings is 2. The van der Waals surface area contributed by atoms with Crippen LogP contribution in [0.25, 0.3) is 21.9 Å². The average Bonchev–Trinajstić information content (AvgIpc) is 3.38. The summed E-state index contributed by atoms with van der Waals surface area (Å²) in [5.74, 6) is 0.725. The van der Waals surface area contributed by atoms with Crippen molar-refractivity contribution < 1.29 is 4.79 Å². The maximum atomic E-state index is 12.8. The average molecular weight is 422 g/mol. The standard InChI is InChI=1S/C26H23N5O/c32-25-16-30-26-24(31(25)20-5-2-1-3-6-20)13-19(14-29-26)18-11-17-8-10-27-15-22(17)21(12-18)23-7-4-9-28-23/h1-3,5-6,8,10-15,23,28H,4,7,9,16H2,(H,29,30). The lowest BCUT2D eigenvalue weighted by molar-refractivity contribution is -0.116. The van der Waals surface area contributed by atoms with Crippen LogP contribution in [0.5, 0.6) is 0 Å². The molecule has 0 bridgehead atoms. The zero-order valence-corrected chi connectivity index (χ0v) is 17.6. The molecule has 0 aliphatic carbocycles.